The number of rotatable bonds is 2. The molecule has 17 heavy (non-hydrogen) atoms. The van der Waals surface area contributed by atoms with Crippen molar-refractivity contribution < 1.29 is 14.9 Å². The molecule has 2 aromatic rings. The second-order valence-corrected chi connectivity index (χ2v) is 3.16. The van der Waals surface area contributed by atoms with Gasteiger partial charge in [-0.3, -0.25) is 9.59 Å². The van der Waals surface area contributed by atoms with Crippen LogP contribution in [0.3, 0.4) is 0 Å². The van der Waals surface area contributed by atoms with Crippen LogP contribution in [0.15, 0.2) is 21.7 Å². The van der Waals surface area contributed by atoms with Gasteiger partial charge in [0.2, 0.25) is 0 Å². The van der Waals surface area contributed by atoms with Gasteiger partial charge in [-0.1, -0.05) is 0 Å². The highest BCUT2D eigenvalue weighted by Crippen LogP contribution is 2.29. The maximum Gasteiger partial charge on any atom is 0.314 e. The lowest BCUT2D eigenvalue weighted by molar-refractivity contribution is 0.355. The van der Waals surface area contributed by atoms with E-state index in [0.29, 0.717) is 22.5 Å². The summed E-state index contributed by atoms with van der Waals surface area (Å²) >= 11 is 0. The van der Waals surface area contributed by atoms with E-state index in [-0.39, 0.29) is 5.48 Å². The molecule has 0 saturated heterocycles. The Labute approximate surface area is 95.3 Å². The van der Waals surface area contributed by atoms with Crippen molar-refractivity contribution in [1.29, 1.82) is 0 Å². The Kier molecular flexibility index (Phi) is 3.54. The molecular weight excluding hydrogens is 228 g/mol. The highest BCUT2D eigenvalue weighted by Gasteiger charge is 2.07. The fourth-order valence-electron chi connectivity index (χ4n) is 1.44. The molecule has 0 amide bonds. The summed E-state index contributed by atoms with van der Waals surface area (Å²) in [5.74, 6) is 0.968. The highest BCUT2D eigenvalue weighted by atomic mass is 16.5. The third kappa shape index (κ3) is 2.13. The lowest BCUT2D eigenvalue weighted by atomic mass is 10.2. The molecule has 0 atom stereocenters. The minimum Gasteiger partial charge on any atom is -0.493 e. The number of aromatic nitrogens is 2. The molecule has 0 unspecified atom stereocenters. The third-order valence-electron chi connectivity index (χ3n) is 2.23. The Morgan fingerprint density at radius 3 is 1.53 bits per heavy atom. The van der Waals surface area contributed by atoms with Crippen molar-refractivity contribution in [1.82, 2.24) is 9.97 Å². The number of H-pyrrole nitrogens is 2. The fraction of sp³-hybridized carbons (Fsp3) is 0.200. The number of hydrogen-bond acceptors (Lipinski definition) is 4. The number of ether oxygens (including phenoxy) is 2. The summed E-state index contributed by atoms with van der Waals surface area (Å²) in [6.07, 6.45) is 0. The Bertz CT molecular complexity index is 587. The molecule has 7 nitrogen and oxygen atoms in total. The van der Waals surface area contributed by atoms with Crippen molar-refractivity contribution in [3.05, 3.63) is 32.8 Å². The first kappa shape index (κ1) is 12.8. The second-order valence-electron chi connectivity index (χ2n) is 3.16. The molecule has 0 fully saturated rings. The third-order valence-corrected chi connectivity index (χ3v) is 2.23. The van der Waals surface area contributed by atoms with E-state index in [1.165, 1.54) is 14.2 Å². The van der Waals surface area contributed by atoms with Crippen molar-refractivity contribution in [3.63, 3.8) is 0 Å². The number of methoxy groups -OCH3 is 2. The molecule has 0 radical (unpaired) electrons. The maximum absolute atomic E-state index is 11.1. The van der Waals surface area contributed by atoms with Crippen molar-refractivity contribution in [2.24, 2.45) is 0 Å². The van der Waals surface area contributed by atoms with E-state index < -0.39 is 11.1 Å². The zero-order valence-corrected chi connectivity index (χ0v) is 9.29. The second kappa shape index (κ2) is 4.71. The van der Waals surface area contributed by atoms with Crippen LogP contribution in [0.4, 0.5) is 0 Å². The summed E-state index contributed by atoms with van der Waals surface area (Å²) in [4.78, 5) is 27.1. The molecule has 4 N–H and O–H groups in total. The van der Waals surface area contributed by atoms with E-state index in [4.69, 9.17) is 9.47 Å². The van der Waals surface area contributed by atoms with Gasteiger partial charge < -0.3 is 24.9 Å². The van der Waals surface area contributed by atoms with Crippen molar-refractivity contribution >= 4 is 11.0 Å². The van der Waals surface area contributed by atoms with E-state index in [2.05, 4.69) is 9.97 Å². The smallest absolute Gasteiger partial charge is 0.314 e. The molecule has 0 spiro atoms. The van der Waals surface area contributed by atoms with Crippen LogP contribution in [0.2, 0.25) is 0 Å². The Morgan fingerprint density at radius 1 is 0.882 bits per heavy atom. The Balaban J connectivity index is 0.00000144. The molecule has 2 rings (SSSR count). The number of fused-ring (bicyclic) bond motifs is 1. The van der Waals surface area contributed by atoms with Crippen LogP contribution in [0.25, 0.3) is 11.0 Å². The molecule has 7 heteroatoms. The predicted molar refractivity (Wildman–Crippen MR) is 61.9 cm³/mol. The van der Waals surface area contributed by atoms with Gasteiger partial charge in [0, 0.05) is 12.1 Å². The first-order valence-corrected chi connectivity index (χ1v) is 4.54. The van der Waals surface area contributed by atoms with E-state index in [1.807, 2.05) is 0 Å². The monoisotopic (exact) mass is 240 g/mol. The van der Waals surface area contributed by atoms with E-state index in [9.17, 15) is 9.59 Å². The molecule has 1 aromatic heterocycles. The maximum atomic E-state index is 11.1. The topological polar surface area (TPSA) is 116 Å². The van der Waals surface area contributed by atoms with E-state index in [1.54, 1.807) is 12.1 Å². The highest BCUT2D eigenvalue weighted by molar-refractivity contribution is 5.78. The van der Waals surface area contributed by atoms with Gasteiger partial charge in [-0.25, -0.2) is 0 Å². The van der Waals surface area contributed by atoms with Crippen LogP contribution in [-0.4, -0.2) is 29.7 Å². The number of nitrogens with one attached hydrogen (secondary N) is 2. The molecule has 1 heterocycles. The molecular formula is C10H12N2O5. The van der Waals surface area contributed by atoms with Gasteiger partial charge >= 0.3 is 11.1 Å². The van der Waals surface area contributed by atoms with E-state index in [0.717, 1.165) is 0 Å². The number of aromatic amines is 2. The minimum absolute atomic E-state index is 0. The van der Waals surface area contributed by atoms with Crippen LogP contribution >= 0.6 is 0 Å². The van der Waals surface area contributed by atoms with Gasteiger partial charge in [-0.2, -0.15) is 0 Å². The summed E-state index contributed by atoms with van der Waals surface area (Å²) in [5, 5.41) is 0. The van der Waals surface area contributed by atoms with Gasteiger partial charge in [-0.15, -0.1) is 0 Å². The molecule has 1 aromatic carbocycles. The molecule has 0 aliphatic heterocycles. The summed E-state index contributed by atoms with van der Waals surface area (Å²) < 4.78 is 10.2. The lowest BCUT2D eigenvalue weighted by Crippen LogP contribution is -2.28. The van der Waals surface area contributed by atoms with Gasteiger partial charge in [0.05, 0.1) is 25.3 Å². The summed E-state index contributed by atoms with van der Waals surface area (Å²) in [5.41, 5.74) is -0.413. The van der Waals surface area contributed by atoms with Gasteiger partial charge in [-0.05, 0) is 0 Å². The van der Waals surface area contributed by atoms with Crippen molar-refractivity contribution in [3.8, 4) is 11.5 Å². The first-order chi connectivity index (χ1) is 7.65. The SMILES string of the molecule is COc1cc2[nH]c(=O)c(=O)[nH]c2cc1OC.O. The molecule has 0 aliphatic rings. The predicted octanol–water partition coefficient (Wildman–Crippen LogP) is -0.591. The van der Waals surface area contributed by atoms with Crippen LogP contribution in [0, 0.1) is 0 Å². The molecule has 92 valence electrons. The van der Waals surface area contributed by atoms with Crippen LogP contribution in [0.5, 0.6) is 11.5 Å². The molecule has 0 bridgehead atoms. The number of benzene rings is 1. The lowest BCUT2D eigenvalue weighted by Gasteiger charge is -2.08. The zero-order chi connectivity index (χ0) is 11.7. The molecule has 0 aliphatic carbocycles. The van der Waals surface area contributed by atoms with Crippen molar-refractivity contribution in [2.75, 3.05) is 14.2 Å². The van der Waals surface area contributed by atoms with Crippen LogP contribution < -0.4 is 20.6 Å². The van der Waals surface area contributed by atoms with E-state index >= 15 is 0 Å². The summed E-state index contributed by atoms with van der Waals surface area (Å²) in [6, 6.07) is 3.18. The fourth-order valence-corrected chi connectivity index (χ4v) is 1.44. The normalized spacial score (nSPS) is 9.76. The van der Waals surface area contributed by atoms with Gasteiger partial charge in [0.25, 0.3) is 0 Å². The average Bonchev–Trinajstić information content (AvgIpc) is 2.29. The largest absolute Gasteiger partial charge is 0.493 e. The quantitative estimate of drug-likeness (QED) is 0.682. The Morgan fingerprint density at radius 2 is 1.24 bits per heavy atom. The van der Waals surface area contributed by atoms with Crippen LogP contribution in [-0.2, 0) is 0 Å². The zero-order valence-electron chi connectivity index (χ0n) is 9.29. The summed E-state index contributed by atoms with van der Waals surface area (Å²) in [6.45, 7) is 0. The van der Waals surface area contributed by atoms with Crippen molar-refractivity contribution in [2.45, 2.75) is 0 Å². The molecule has 0 saturated carbocycles. The number of hydrogen-bond donors (Lipinski definition) is 2. The minimum atomic E-state index is -0.695. The first-order valence-electron chi connectivity index (χ1n) is 4.54. The van der Waals surface area contributed by atoms with Gasteiger partial charge in [0.1, 0.15) is 0 Å². The van der Waals surface area contributed by atoms with Gasteiger partial charge in [0.15, 0.2) is 11.5 Å². The van der Waals surface area contributed by atoms with Crippen LogP contribution in [0.1, 0.15) is 0 Å². The summed E-state index contributed by atoms with van der Waals surface area (Å²) in [7, 11) is 2.99. The average molecular weight is 240 g/mol. The Hall–Kier alpha value is -2.28. The standard InChI is InChI=1S/C10H10N2O4.H2O/c1-15-7-3-5-6(4-8(7)16-2)12-10(14)9(13)11-5;/h3-4H,1-2H3,(H,11,13)(H,12,14);1H2.